The highest BCUT2D eigenvalue weighted by atomic mass is 35.5. The largest absolute Gasteiger partial charge is 0.335 e. The summed E-state index contributed by atoms with van der Waals surface area (Å²) in [5, 5.41) is 6.75. The Morgan fingerprint density at radius 1 is 1.29 bits per heavy atom. The summed E-state index contributed by atoms with van der Waals surface area (Å²) in [7, 11) is -3.16. The Bertz CT molecular complexity index is 704. The van der Waals surface area contributed by atoms with E-state index in [0.29, 0.717) is 36.0 Å². The third-order valence-corrected chi connectivity index (χ3v) is 5.90. The molecule has 0 spiro atoms. The van der Waals surface area contributed by atoms with Crippen molar-refractivity contribution in [1.82, 2.24) is 14.9 Å². The number of halogens is 2. The van der Waals surface area contributed by atoms with Crippen LogP contribution >= 0.6 is 23.2 Å². The number of hydrogen-bond acceptors (Lipinski definition) is 3. The average Bonchev–Trinajstić information content (AvgIpc) is 2.46. The molecule has 0 aliphatic carbocycles. The van der Waals surface area contributed by atoms with Gasteiger partial charge in [-0.2, -0.15) is 0 Å². The van der Waals surface area contributed by atoms with Crippen LogP contribution in [0, 0.1) is 0 Å². The lowest BCUT2D eigenvalue weighted by molar-refractivity contribution is 0.225. The number of sulfonamides is 1. The number of amides is 2. The van der Waals surface area contributed by atoms with Crippen molar-refractivity contribution in [2.45, 2.75) is 31.8 Å². The fourth-order valence-electron chi connectivity index (χ4n) is 2.69. The third kappa shape index (κ3) is 5.24. The summed E-state index contributed by atoms with van der Waals surface area (Å²) in [5.41, 5.74) is 0.781. The minimum atomic E-state index is -3.16. The lowest BCUT2D eigenvalue weighted by Crippen LogP contribution is -2.49. The maximum absolute atomic E-state index is 12.1. The average molecular weight is 394 g/mol. The summed E-state index contributed by atoms with van der Waals surface area (Å²) >= 11 is 12.0. The van der Waals surface area contributed by atoms with Crippen molar-refractivity contribution in [3.05, 3.63) is 33.8 Å². The molecule has 0 bridgehead atoms. The van der Waals surface area contributed by atoms with E-state index in [9.17, 15) is 13.2 Å². The van der Waals surface area contributed by atoms with Crippen LogP contribution in [0.5, 0.6) is 0 Å². The molecule has 0 unspecified atom stereocenters. The maximum atomic E-state index is 12.1. The van der Waals surface area contributed by atoms with Crippen molar-refractivity contribution in [2.75, 3.05) is 19.3 Å². The molecule has 1 aromatic carbocycles. The van der Waals surface area contributed by atoms with Gasteiger partial charge in [0.1, 0.15) is 0 Å². The van der Waals surface area contributed by atoms with Gasteiger partial charge in [-0.15, -0.1) is 0 Å². The van der Waals surface area contributed by atoms with Gasteiger partial charge in [-0.05, 0) is 37.5 Å². The van der Waals surface area contributed by atoms with Crippen LogP contribution in [0.1, 0.15) is 31.4 Å². The fraction of sp³-hybridized carbons (Fsp3) is 0.533. The summed E-state index contributed by atoms with van der Waals surface area (Å²) in [5.74, 6) is 0. The Labute approximate surface area is 152 Å². The second-order valence-electron chi connectivity index (χ2n) is 5.94. The van der Waals surface area contributed by atoms with Gasteiger partial charge in [0.15, 0.2) is 0 Å². The number of urea groups is 1. The first-order valence-corrected chi connectivity index (χ1v) is 10.2. The molecule has 1 atom stereocenters. The number of carbonyl (C=O) groups is 1. The van der Waals surface area contributed by atoms with E-state index >= 15 is 0 Å². The molecule has 1 fully saturated rings. The first-order valence-electron chi connectivity index (χ1n) is 7.64. The molecule has 0 radical (unpaired) electrons. The van der Waals surface area contributed by atoms with Gasteiger partial charge >= 0.3 is 6.03 Å². The van der Waals surface area contributed by atoms with Crippen LogP contribution in [0.2, 0.25) is 10.0 Å². The summed E-state index contributed by atoms with van der Waals surface area (Å²) < 4.78 is 24.4. The molecule has 1 aromatic rings. The Hall–Kier alpha value is -1.02. The molecule has 2 amide bonds. The van der Waals surface area contributed by atoms with E-state index in [2.05, 4.69) is 10.6 Å². The molecule has 9 heteroatoms. The van der Waals surface area contributed by atoms with Gasteiger partial charge < -0.3 is 10.6 Å². The standard InChI is InChI=1S/C15H21Cl2N3O3S/c1-10(13-4-3-11(16)9-14(13)17)18-15(21)19-12-5-7-20(8-6-12)24(2,22)23/h3-4,9-10,12H,5-8H2,1-2H3,(H2,18,19,21)/t10-/m0/s1. The zero-order chi connectivity index (χ0) is 17.9. The SMILES string of the molecule is C[C@H](NC(=O)NC1CCN(S(C)(=O)=O)CC1)c1ccc(Cl)cc1Cl. The van der Waals surface area contributed by atoms with Crippen molar-refractivity contribution < 1.29 is 13.2 Å². The lowest BCUT2D eigenvalue weighted by atomic mass is 10.1. The van der Waals surface area contributed by atoms with E-state index in [1.165, 1.54) is 10.6 Å². The number of nitrogens with one attached hydrogen (secondary N) is 2. The Balaban J connectivity index is 1.85. The molecule has 134 valence electrons. The molecule has 6 nitrogen and oxygen atoms in total. The number of carbonyl (C=O) groups excluding carboxylic acids is 1. The summed E-state index contributed by atoms with van der Waals surface area (Å²) in [6.07, 6.45) is 2.39. The molecule has 1 heterocycles. The minimum absolute atomic E-state index is 0.0455. The van der Waals surface area contributed by atoms with Crippen LogP contribution in [0.25, 0.3) is 0 Å². The molecule has 24 heavy (non-hydrogen) atoms. The van der Waals surface area contributed by atoms with Crippen molar-refractivity contribution in [3.8, 4) is 0 Å². The van der Waals surface area contributed by atoms with Crippen LogP contribution in [-0.2, 0) is 10.0 Å². The Kier molecular flexibility index (Phi) is 6.36. The summed E-state index contributed by atoms with van der Waals surface area (Å²) in [6.45, 7) is 2.67. The topological polar surface area (TPSA) is 78.5 Å². The van der Waals surface area contributed by atoms with Crippen molar-refractivity contribution >= 4 is 39.3 Å². The normalized spacial score (nSPS) is 18.2. The van der Waals surface area contributed by atoms with E-state index in [1.54, 1.807) is 18.2 Å². The summed E-state index contributed by atoms with van der Waals surface area (Å²) in [6, 6.07) is 4.52. The smallest absolute Gasteiger partial charge is 0.315 e. The van der Waals surface area contributed by atoms with Crippen LogP contribution in [0.15, 0.2) is 18.2 Å². The van der Waals surface area contributed by atoms with Gasteiger partial charge in [0.25, 0.3) is 0 Å². The molecule has 0 saturated carbocycles. The van der Waals surface area contributed by atoms with Crippen LogP contribution < -0.4 is 10.6 Å². The van der Waals surface area contributed by atoms with E-state index < -0.39 is 10.0 Å². The highest BCUT2D eigenvalue weighted by Crippen LogP contribution is 2.26. The first-order chi connectivity index (χ1) is 11.2. The Morgan fingerprint density at radius 2 is 1.92 bits per heavy atom. The number of benzene rings is 1. The zero-order valence-electron chi connectivity index (χ0n) is 13.6. The molecule has 1 aliphatic heterocycles. The number of nitrogens with zero attached hydrogens (tertiary/aromatic N) is 1. The van der Waals surface area contributed by atoms with Crippen molar-refractivity contribution in [3.63, 3.8) is 0 Å². The predicted octanol–water partition coefficient (Wildman–Crippen LogP) is 2.78. The quantitative estimate of drug-likeness (QED) is 0.825. The van der Waals surface area contributed by atoms with Gasteiger partial charge in [0.2, 0.25) is 10.0 Å². The highest BCUT2D eigenvalue weighted by Gasteiger charge is 2.26. The van der Waals surface area contributed by atoms with Crippen molar-refractivity contribution in [1.29, 1.82) is 0 Å². The lowest BCUT2D eigenvalue weighted by Gasteiger charge is -2.31. The van der Waals surface area contributed by atoms with Gasteiger partial charge in [0.05, 0.1) is 12.3 Å². The second kappa shape index (κ2) is 7.91. The number of rotatable bonds is 4. The van der Waals surface area contributed by atoms with Crippen LogP contribution in [0.3, 0.4) is 0 Å². The van der Waals surface area contributed by atoms with Gasteiger partial charge in [-0.25, -0.2) is 17.5 Å². The maximum Gasteiger partial charge on any atom is 0.315 e. The molecule has 0 aromatic heterocycles. The molecular weight excluding hydrogens is 373 g/mol. The van der Waals surface area contributed by atoms with Crippen LogP contribution in [0.4, 0.5) is 4.79 Å². The monoisotopic (exact) mass is 393 g/mol. The number of piperidine rings is 1. The van der Waals surface area contributed by atoms with E-state index in [-0.39, 0.29) is 18.1 Å². The molecule has 2 N–H and O–H groups in total. The van der Waals surface area contributed by atoms with E-state index in [4.69, 9.17) is 23.2 Å². The number of hydrogen-bond donors (Lipinski definition) is 2. The molecular formula is C15H21Cl2N3O3S. The zero-order valence-corrected chi connectivity index (χ0v) is 15.9. The van der Waals surface area contributed by atoms with Crippen LogP contribution in [-0.4, -0.2) is 44.1 Å². The predicted molar refractivity (Wildman–Crippen MR) is 96.0 cm³/mol. The van der Waals surface area contributed by atoms with Gasteiger partial charge in [0, 0.05) is 29.2 Å². The van der Waals surface area contributed by atoms with E-state index in [0.717, 1.165) is 5.56 Å². The summed E-state index contributed by atoms with van der Waals surface area (Å²) in [4.78, 5) is 12.1. The van der Waals surface area contributed by atoms with E-state index in [1.807, 2.05) is 6.92 Å². The fourth-order valence-corrected chi connectivity index (χ4v) is 4.13. The second-order valence-corrected chi connectivity index (χ2v) is 8.77. The Morgan fingerprint density at radius 3 is 2.46 bits per heavy atom. The van der Waals surface area contributed by atoms with Gasteiger partial charge in [-0.1, -0.05) is 29.3 Å². The minimum Gasteiger partial charge on any atom is -0.335 e. The molecule has 2 rings (SSSR count). The van der Waals surface area contributed by atoms with Crippen molar-refractivity contribution in [2.24, 2.45) is 0 Å². The highest BCUT2D eigenvalue weighted by molar-refractivity contribution is 7.88. The first kappa shape index (κ1) is 19.3. The molecule has 1 aliphatic rings. The third-order valence-electron chi connectivity index (χ3n) is 4.03. The molecule has 1 saturated heterocycles. The van der Waals surface area contributed by atoms with Gasteiger partial charge in [-0.3, -0.25) is 0 Å².